The number of hydrogen-bond acceptors (Lipinski definition) is 7. The first-order valence-electron chi connectivity index (χ1n) is 12.0. The van der Waals surface area contributed by atoms with E-state index in [1.807, 2.05) is 44.2 Å². The second kappa shape index (κ2) is 15.1. The Bertz CT molecular complexity index is 828. The van der Waals surface area contributed by atoms with E-state index >= 15 is 0 Å². The molecule has 194 valence electrons. The summed E-state index contributed by atoms with van der Waals surface area (Å²) in [7, 11) is 1.56. The van der Waals surface area contributed by atoms with Gasteiger partial charge in [-0.25, -0.2) is 4.79 Å². The van der Waals surface area contributed by atoms with Gasteiger partial charge >= 0.3 is 6.09 Å². The van der Waals surface area contributed by atoms with Crippen molar-refractivity contribution in [2.24, 2.45) is 5.92 Å². The molecule has 1 unspecified atom stereocenters. The van der Waals surface area contributed by atoms with Gasteiger partial charge in [-0.1, -0.05) is 44.2 Å². The number of alkyl carbamates (subject to hydrolysis) is 1. The van der Waals surface area contributed by atoms with E-state index in [1.54, 1.807) is 7.11 Å². The number of ketones is 1. The van der Waals surface area contributed by atoms with Crippen molar-refractivity contribution in [3.05, 3.63) is 35.9 Å². The molecule has 1 aliphatic carbocycles. The lowest BCUT2D eigenvalue weighted by atomic mass is 9.99. The zero-order valence-electron chi connectivity index (χ0n) is 20.7. The number of methoxy groups -OCH3 is 1. The minimum Gasteiger partial charge on any atom is -0.447 e. The molecule has 2 rings (SSSR count). The van der Waals surface area contributed by atoms with Crippen LogP contribution in [0.5, 0.6) is 0 Å². The Kier molecular flexibility index (Phi) is 12.2. The molecular formula is C25H37N3O7. The van der Waals surface area contributed by atoms with E-state index in [0.717, 1.165) is 18.4 Å². The molecule has 3 amide bonds. The summed E-state index contributed by atoms with van der Waals surface area (Å²) in [5.41, 5.74) is 0.798. The van der Waals surface area contributed by atoms with E-state index in [-0.39, 0.29) is 31.6 Å². The molecule has 0 radical (unpaired) electrons. The van der Waals surface area contributed by atoms with Crippen LogP contribution < -0.4 is 16.0 Å². The van der Waals surface area contributed by atoms with Gasteiger partial charge in [-0.15, -0.1) is 0 Å². The second-order valence-electron chi connectivity index (χ2n) is 8.93. The predicted octanol–water partition coefficient (Wildman–Crippen LogP) is 1.37. The fourth-order valence-corrected chi connectivity index (χ4v) is 3.30. The predicted molar refractivity (Wildman–Crippen MR) is 129 cm³/mol. The number of carbonyl (C=O) groups is 4. The smallest absolute Gasteiger partial charge is 0.407 e. The molecule has 10 nitrogen and oxygen atoms in total. The van der Waals surface area contributed by atoms with Crippen molar-refractivity contribution in [3.63, 3.8) is 0 Å². The Morgan fingerprint density at radius 3 is 2.26 bits per heavy atom. The van der Waals surface area contributed by atoms with E-state index in [1.165, 1.54) is 0 Å². The fourth-order valence-electron chi connectivity index (χ4n) is 3.30. The number of hydrogen-bond donors (Lipinski definition) is 3. The SMILES string of the molecule is COCCOCCOC(=O)NC(CC(C)C)C(=O)N[C@@H](Cc1ccccc1)C(=O)C(=O)NC1CC1. The number of carbonyl (C=O) groups excluding carboxylic acids is 4. The largest absolute Gasteiger partial charge is 0.447 e. The molecule has 2 atom stereocenters. The first-order valence-corrected chi connectivity index (χ1v) is 12.0. The highest BCUT2D eigenvalue weighted by Crippen LogP contribution is 2.18. The van der Waals surface area contributed by atoms with E-state index in [0.29, 0.717) is 19.6 Å². The quantitative estimate of drug-likeness (QED) is 0.235. The van der Waals surface area contributed by atoms with Crippen molar-refractivity contribution in [1.82, 2.24) is 16.0 Å². The molecule has 0 bridgehead atoms. The Morgan fingerprint density at radius 1 is 0.943 bits per heavy atom. The first-order chi connectivity index (χ1) is 16.8. The summed E-state index contributed by atoms with van der Waals surface area (Å²) in [6.45, 7) is 4.85. The van der Waals surface area contributed by atoms with Gasteiger partial charge in [0.15, 0.2) is 0 Å². The maximum absolute atomic E-state index is 13.1. The fraction of sp³-hybridized carbons (Fsp3) is 0.600. The molecule has 10 heteroatoms. The molecule has 0 saturated heterocycles. The van der Waals surface area contributed by atoms with E-state index < -0.39 is 35.8 Å². The van der Waals surface area contributed by atoms with Crippen LogP contribution in [0.1, 0.15) is 38.7 Å². The Hall–Kier alpha value is -2.98. The van der Waals surface area contributed by atoms with Crippen LogP contribution in [0.2, 0.25) is 0 Å². The highest BCUT2D eigenvalue weighted by molar-refractivity contribution is 6.38. The average molecular weight is 492 g/mol. The van der Waals surface area contributed by atoms with Crippen molar-refractivity contribution in [3.8, 4) is 0 Å². The van der Waals surface area contributed by atoms with E-state index in [4.69, 9.17) is 14.2 Å². The lowest BCUT2D eigenvalue weighted by Crippen LogP contribution is -2.55. The molecule has 0 aromatic heterocycles. The van der Waals surface area contributed by atoms with Gasteiger partial charge in [0.25, 0.3) is 5.91 Å². The third kappa shape index (κ3) is 11.3. The van der Waals surface area contributed by atoms with Gasteiger partial charge in [0.2, 0.25) is 11.7 Å². The van der Waals surface area contributed by atoms with Gasteiger partial charge in [0.1, 0.15) is 18.7 Å². The normalized spacial score (nSPS) is 14.6. The number of benzene rings is 1. The summed E-state index contributed by atoms with van der Waals surface area (Å²) in [5, 5.41) is 7.93. The molecule has 1 aliphatic rings. The van der Waals surface area contributed by atoms with Crippen LogP contribution in [-0.4, -0.2) is 75.4 Å². The Balaban J connectivity index is 2.00. The lowest BCUT2D eigenvalue weighted by Gasteiger charge is -2.23. The van der Waals surface area contributed by atoms with Gasteiger partial charge < -0.3 is 30.2 Å². The zero-order valence-corrected chi connectivity index (χ0v) is 20.7. The van der Waals surface area contributed by atoms with E-state index in [2.05, 4.69) is 16.0 Å². The monoisotopic (exact) mass is 491 g/mol. The molecule has 1 saturated carbocycles. The highest BCUT2D eigenvalue weighted by Gasteiger charge is 2.33. The summed E-state index contributed by atoms with van der Waals surface area (Å²) in [5.74, 6) is -1.91. The third-order valence-electron chi connectivity index (χ3n) is 5.26. The van der Waals surface area contributed by atoms with Crippen molar-refractivity contribution in [2.45, 2.75) is 57.7 Å². The Morgan fingerprint density at radius 2 is 1.63 bits per heavy atom. The standard InChI is InChI=1S/C25H37N3O7/c1-17(2)15-21(28-25(32)35-14-13-34-12-11-33-3)23(30)27-20(16-18-7-5-4-6-8-18)22(29)24(31)26-19-9-10-19/h4-8,17,19-21H,9-16H2,1-3H3,(H,26,31)(H,27,30)(H,28,32)/t20-,21?/m0/s1. The molecular weight excluding hydrogens is 454 g/mol. The van der Waals surface area contributed by atoms with Gasteiger partial charge in [-0.2, -0.15) is 0 Å². The zero-order chi connectivity index (χ0) is 25.6. The molecule has 1 fully saturated rings. The summed E-state index contributed by atoms with van der Waals surface area (Å²) in [6, 6.07) is 7.14. The summed E-state index contributed by atoms with van der Waals surface area (Å²) in [6.07, 6.45) is 1.40. The number of amides is 3. The van der Waals surface area contributed by atoms with Crippen LogP contribution in [0.15, 0.2) is 30.3 Å². The minimum atomic E-state index is -1.06. The molecule has 3 N–H and O–H groups in total. The second-order valence-corrected chi connectivity index (χ2v) is 8.93. The molecule has 1 aromatic rings. The molecule has 1 aromatic carbocycles. The van der Waals surface area contributed by atoms with Crippen molar-refractivity contribution >= 4 is 23.7 Å². The number of nitrogens with one attached hydrogen (secondary N) is 3. The maximum Gasteiger partial charge on any atom is 0.407 e. The summed E-state index contributed by atoms with van der Waals surface area (Å²) in [4.78, 5) is 50.7. The summed E-state index contributed by atoms with van der Waals surface area (Å²) < 4.78 is 15.2. The van der Waals surface area contributed by atoms with Crippen LogP contribution in [-0.2, 0) is 35.0 Å². The van der Waals surface area contributed by atoms with Crippen LogP contribution in [0.25, 0.3) is 0 Å². The van der Waals surface area contributed by atoms with Gasteiger partial charge in [0.05, 0.1) is 19.8 Å². The van der Waals surface area contributed by atoms with Crippen LogP contribution >= 0.6 is 0 Å². The molecule has 35 heavy (non-hydrogen) atoms. The molecule has 0 aliphatic heterocycles. The van der Waals surface area contributed by atoms with Crippen molar-refractivity contribution in [2.75, 3.05) is 33.5 Å². The van der Waals surface area contributed by atoms with Gasteiger partial charge in [-0.05, 0) is 30.7 Å². The van der Waals surface area contributed by atoms with Crippen LogP contribution in [0.3, 0.4) is 0 Å². The topological polar surface area (TPSA) is 132 Å². The number of rotatable bonds is 16. The third-order valence-corrected chi connectivity index (χ3v) is 5.26. The Labute approximate surface area is 206 Å². The van der Waals surface area contributed by atoms with E-state index in [9.17, 15) is 19.2 Å². The van der Waals surface area contributed by atoms with Crippen molar-refractivity contribution in [1.29, 1.82) is 0 Å². The number of ether oxygens (including phenoxy) is 3. The minimum absolute atomic E-state index is 0.0159. The first kappa shape index (κ1) is 28.3. The number of Topliss-reactive ketones (excluding diaryl/α,β-unsaturated/α-hetero) is 1. The highest BCUT2D eigenvalue weighted by atomic mass is 16.6. The van der Waals surface area contributed by atoms with Gasteiger partial charge in [-0.3, -0.25) is 14.4 Å². The van der Waals surface area contributed by atoms with Crippen LogP contribution in [0.4, 0.5) is 4.79 Å². The average Bonchev–Trinajstić information content (AvgIpc) is 3.64. The van der Waals surface area contributed by atoms with Crippen LogP contribution in [0, 0.1) is 5.92 Å². The van der Waals surface area contributed by atoms with Gasteiger partial charge in [0, 0.05) is 19.6 Å². The summed E-state index contributed by atoms with van der Waals surface area (Å²) >= 11 is 0. The lowest BCUT2D eigenvalue weighted by molar-refractivity contribution is -0.140. The maximum atomic E-state index is 13.1. The molecule has 0 spiro atoms. The van der Waals surface area contributed by atoms with Crippen molar-refractivity contribution < 1.29 is 33.4 Å². The molecule has 0 heterocycles.